The molecule has 16 heteroatoms. The number of ketones is 1. The van der Waals surface area contributed by atoms with Crippen molar-refractivity contribution in [3.8, 4) is 0 Å². The van der Waals surface area contributed by atoms with Crippen LogP contribution >= 0.6 is 0 Å². The van der Waals surface area contributed by atoms with Gasteiger partial charge in [-0.05, 0) is 37.2 Å². The summed E-state index contributed by atoms with van der Waals surface area (Å²) in [7, 11) is 3.11. The lowest BCUT2D eigenvalue weighted by atomic mass is 9.83. The second-order valence-corrected chi connectivity index (χ2v) is 14.3. The minimum absolute atomic E-state index is 0.0972. The summed E-state index contributed by atoms with van der Waals surface area (Å²) in [4.78, 5) is 96.1. The molecular weight excluding hydrogens is 700 g/mol. The predicted molar refractivity (Wildman–Crippen MR) is 196 cm³/mol. The van der Waals surface area contributed by atoms with Gasteiger partial charge in [-0.15, -0.1) is 0 Å². The molecule has 1 aromatic carbocycles. The highest BCUT2D eigenvalue weighted by molar-refractivity contribution is 6.38. The van der Waals surface area contributed by atoms with E-state index in [2.05, 4.69) is 21.3 Å². The average molecular weight is 757 g/mol. The molecule has 1 saturated carbocycles. The van der Waals surface area contributed by atoms with Crippen molar-refractivity contribution in [3.63, 3.8) is 0 Å². The van der Waals surface area contributed by atoms with E-state index in [1.165, 1.54) is 9.80 Å². The molecule has 3 fully saturated rings. The predicted octanol–water partition coefficient (Wildman–Crippen LogP) is 1.37. The lowest BCUT2D eigenvalue weighted by molar-refractivity contribution is -0.143. The minimum Gasteiger partial charge on any atom is -0.449 e. The van der Waals surface area contributed by atoms with Crippen molar-refractivity contribution in [1.29, 1.82) is 0 Å². The first-order valence-electron chi connectivity index (χ1n) is 19.1. The summed E-state index contributed by atoms with van der Waals surface area (Å²) in [6.07, 6.45) is 4.90. The van der Waals surface area contributed by atoms with Gasteiger partial charge in [0.2, 0.25) is 29.4 Å². The van der Waals surface area contributed by atoms with Gasteiger partial charge in [-0.2, -0.15) is 0 Å². The Kier molecular flexibility index (Phi) is 16.7. The van der Waals surface area contributed by atoms with Crippen LogP contribution in [0.4, 0.5) is 4.79 Å². The van der Waals surface area contributed by atoms with Gasteiger partial charge < -0.3 is 45.3 Å². The number of carbonyl (C=O) groups is 7. The second-order valence-electron chi connectivity index (χ2n) is 14.3. The molecule has 0 aromatic heterocycles. The van der Waals surface area contributed by atoms with Crippen LogP contribution in [0, 0.1) is 5.92 Å². The molecule has 1 aliphatic carbocycles. The maximum Gasteiger partial charge on any atom is 0.407 e. The number of carbonyl (C=O) groups excluding carboxylic acids is 7. The Morgan fingerprint density at radius 3 is 2.31 bits per heavy atom. The Bertz CT molecular complexity index is 1450. The number of rotatable bonds is 12. The molecule has 6 amide bonds. The molecule has 2 aliphatic heterocycles. The van der Waals surface area contributed by atoms with Crippen molar-refractivity contribution in [1.82, 2.24) is 31.1 Å². The number of fused-ring (bicyclic) bond motifs is 2. The molecule has 1 aromatic rings. The highest BCUT2D eigenvalue weighted by atomic mass is 16.6. The first kappa shape index (κ1) is 42.2. The number of cyclic esters (lactones) is 1. The smallest absolute Gasteiger partial charge is 0.407 e. The summed E-state index contributed by atoms with van der Waals surface area (Å²) in [6, 6.07) is 4.41. The normalized spacial score (nSPS) is 22.9. The van der Waals surface area contributed by atoms with Gasteiger partial charge in [-0.1, -0.05) is 62.9 Å². The molecule has 2 saturated heterocycles. The fraction of sp³-hybridized carbons (Fsp3) is 0.658. The molecule has 0 radical (unpaired) electrons. The van der Waals surface area contributed by atoms with E-state index in [-0.39, 0.29) is 37.8 Å². The van der Waals surface area contributed by atoms with Crippen molar-refractivity contribution in [2.24, 2.45) is 5.92 Å². The SMILES string of the molecule is CCCC(NC(=O)[C@@H]1C[C@@H]2CN1C(=O)[C@H](C1CCCCC1)NC(=O)OCCCOCCCO2)C(=O)C(=O)NCC(=O)N[C@H](C(=O)N(C)C)c1ccccc1. The van der Waals surface area contributed by atoms with Crippen LogP contribution in [0.3, 0.4) is 0 Å². The van der Waals surface area contributed by atoms with Crippen LogP contribution in [0.2, 0.25) is 0 Å². The Labute approximate surface area is 316 Å². The van der Waals surface area contributed by atoms with Gasteiger partial charge in [-0.25, -0.2) is 4.79 Å². The van der Waals surface area contributed by atoms with Crippen LogP contribution in [0.1, 0.15) is 82.7 Å². The van der Waals surface area contributed by atoms with E-state index < -0.39 is 72.3 Å². The molecule has 1 unspecified atom stereocenters. The third kappa shape index (κ3) is 12.2. The third-order valence-corrected chi connectivity index (χ3v) is 9.93. The van der Waals surface area contributed by atoms with Gasteiger partial charge in [0.15, 0.2) is 0 Å². The van der Waals surface area contributed by atoms with Gasteiger partial charge >= 0.3 is 6.09 Å². The van der Waals surface area contributed by atoms with E-state index in [1.54, 1.807) is 51.4 Å². The van der Waals surface area contributed by atoms with Gasteiger partial charge in [0.1, 0.15) is 18.1 Å². The summed E-state index contributed by atoms with van der Waals surface area (Å²) < 4.78 is 17.1. The first-order chi connectivity index (χ1) is 26.0. The molecule has 5 atom stereocenters. The van der Waals surface area contributed by atoms with Crippen LogP contribution in [0.25, 0.3) is 0 Å². The van der Waals surface area contributed by atoms with E-state index in [4.69, 9.17) is 14.2 Å². The van der Waals surface area contributed by atoms with Crippen molar-refractivity contribution < 1.29 is 47.8 Å². The number of hydrogen-bond donors (Lipinski definition) is 4. The zero-order chi connectivity index (χ0) is 39.0. The standard InChI is InChI=1S/C38H56N6O10/c1-4-13-28(33(46)35(48)39-23-30(45)41-31(36(49)43(2)3)25-14-7-5-8-15-25)40-34(47)29-22-27-24-44(29)37(50)32(26-16-9-6-10-17-26)42-38(51)54-21-12-19-52-18-11-20-53-27/h5,7-8,14-15,26-29,31-32H,4,6,9-13,16-24H2,1-3H3,(H,39,48)(H,40,47)(H,41,45)(H,42,51)/t27-,28?,29+,31+,32+/m1/s1. The monoisotopic (exact) mass is 756 g/mol. The topological polar surface area (TPSA) is 202 Å². The molecule has 3 aliphatic rings. The molecular formula is C38H56N6O10. The quantitative estimate of drug-likeness (QED) is 0.226. The summed E-state index contributed by atoms with van der Waals surface area (Å²) in [5, 5.41) is 10.4. The van der Waals surface area contributed by atoms with E-state index in [9.17, 15) is 33.6 Å². The van der Waals surface area contributed by atoms with Crippen molar-refractivity contribution >= 4 is 41.4 Å². The van der Waals surface area contributed by atoms with Crippen LogP contribution in [0.5, 0.6) is 0 Å². The minimum atomic E-state index is -1.24. The lowest BCUT2D eigenvalue weighted by Crippen LogP contribution is -2.58. The summed E-state index contributed by atoms with van der Waals surface area (Å²) >= 11 is 0. The Balaban J connectivity index is 1.45. The molecule has 16 nitrogen and oxygen atoms in total. The number of nitrogens with zero attached hydrogens (tertiary/aromatic N) is 2. The van der Waals surface area contributed by atoms with Crippen LogP contribution in [-0.4, -0.2) is 129 Å². The fourth-order valence-electron chi connectivity index (χ4n) is 7.08. The summed E-state index contributed by atoms with van der Waals surface area (Å²) in [5.41, 5.74) is 0.546. The van der Waals surface area contributed by atoms with E-state index in [1.807, 2.05) is 0 Å². The highest BCUT2D eigenvalue weighted by Crippen LogP contribution is 2.30. The zero-order valence-electron chi connectivity index (χ0n) is 31.6. The maximum atomic E-state index is 14.3. The highest BCUT2D eigenvalue weighted by Gasteiger charge is 2.45. The Morgan fingerprint density at radius 2 is 1.63 bits per heavy atom. The number of nitrogens with one attached hydrogen (secondary N) is 4. The second kappa shape index (κ2) is 21.4. The van der Waals surface area contributed by atoms with Gasteiger partial charge in [0.05, 0.1) is 25.3 Å². The number of ether oxygens (including phenoxy) is 3. The first-order valence-corrected chi connectivity index (χ1v) is 19.1. The molecule has 2 heterocycles. The average Bonchev–Trinajstić information content (AvgIpc) is 3.61. The largest absolute Gasteiger partial charge is 0.449 e. The number of amides is 6. The number of Topliss-reactive ketones (excluding diaryl/α,β-unsaturated/α-hetero) is 1. The molecule has 54 heavy (non-hydrogen) atoms. The number of alkyl carbamates (subject to hydrolysis) is 1. The summed E-state index contributed by atoms with van der Waals surface area (Å²) in [6.45, 7) is 2.61. The number of hydrogen-bond acceptors (Lipinski definition) is 10. The maximum absolute atomic E-state index is 14.3. The Hall–Kier alpha value is -4.57. The lowest BCUT2D eigenvalue weighted by Gasteiger charge is -2.34. The molecule has 4 rings (SSSR count). The van der Waals surface area contributed by atoms with Crippen molar-refractivity contribution in [2.45, 2.75) is 101 Å². The van der Waals surface area contributed by atoms with E-state index in [0.717, 1.165) is 32.1 Å². The molecule has 2 bridgehead atoms. The number of likely N-dealkylation sites (N-methyl/N-ethyl adjacent to an activating group) is 1. The van der Waals surface area contributed by atoms with Crippen molar-refractivity contribution in [3.05, 3.63) is 35.9 Å². The van der Waals surface area contributed by atoms with Gasteiger partial charge in [0.25, 0.3) is 5.91 Å². The summed E-state index contributed by atoms with van der Waals surface area (Å²) in [5.74, 6) is -4.33. The fourth-order valence-corrected chi connectivity index (χ4v) is 7.08. The van der Waals surface area contributed by atoms with E-state index >= 15 is 0 Å². The third-order valence-electron chi connectivity index (χ3n) is 9.93. The van der Waals surface area contributed by atoms with Crippen LogP contribution in [0.15, 0.2) is 30.3 Å². The Morgan fingerprint density at radius 1 is 0.926 bits per heavy atom. The zero-order valence-corrected chi connectivity index (χ0v) is 31.6. The van der Waals surface area contributed by atoms with Crippen molar-refractivity contribution in [2.75, 3.05) is 53.6 Å². The molecule has 298 valence electrons. The van der Waals surface area contributed by atoms with E-state index in [0.29, 0.717) is 44.6 Å². The number of benzene rings is 1. The van der Waals surface area contributed by atoms with Crippen LogP contribution < -0.4 is 21.3 Å². The van der Waals surface area contributed by atoms with Gasteiger partial charge in [0, 0.05) is 53.3 Å². The van der Waals surface area contributed by atoms with Gasteiger partial charge in [-0.3, -0.25) is 28.8 Å². The molecule has 0 spiro atoms. The van der Waals surface area contributed by atoms with Crippen LogP contribution in [-0.2, 0) is 43.0 Å². The molecule has 4 N–H and O–H groups in total.